The van der Waals surface area contributed by atoms with E-state index in [2.05, 4.69) is 26.2 Å². The van der Waals surface area contributed by atoms with E-state index in [-0.39, 0.29) is 5.75 Å². The van der Waals surface area contributed by atoms with Gasteiger partial charge in [0, 0.05) is 29.4 Å². The molecule has 19 heavy (non-hydrogen) atoms. The van der Waals surface area contributed by atoms with E-state index < -0.39 is 0 Å². The maximum absolute atomic E-state index is 10.0. The van der Waals surface area contributed by atoms with Crippen molar-refractivity contribution in [3.63, 3.8) is 0 Å². The molecule has 4 nitrogen and oxygen atoms in total. The number of aromatic hydroxyl groups is 1. The quantitative estimate of drug-likeness (QED) is 0.829. The number of benzene rings is 1. The van der Waals surface area contributed by atoms with Gasteiger partial charge in [-0.25, -0.2) is 4.98 Å². The lowest BCUT2D eigenvalue weighted by Gasteiger charge is -2.12. The van der Waals surface area contributed by atoms with Crippen LogP contribution in [0.3, 0.4) is 0 Å². The number of nitrogens with zero attached hydrogens (tertiary/aromatic N) is 1. The van der Waals surface area contributed by atoms with E-state index in [1.807, 2.05) is 12.1 Å². The molecule has 0 saturated heterocycles. The van der Waals surface area contributed by atoms with E-state index in [1.54, 1.807) is 18.3 Å². The number of methoxy groups -OCH3 is 1. The van der Waals surface area contributed by atoms with Gasteiger partial charge in [-0.2, -0.15) is 0 Å². The molecule has 0 amide bonds. The molecule has 1 aromatic heterocycles. The molecule has 100 valence electrons. The zero-order valence-electron chi connectivity index (χ0n) is 10.2. The molecule has 1 heterocycles. The van der Waals surface area contributed by atoms with Crippen molar-refractivity contribution in [3.05, 3.63) is 45.7 Å². The molecular formula is C13H12BrClN2O2. The summed E-state index contributed by atoms with van der Waals surface area (Å²) in [5.41, 5.74) is 1.49. The first-order valence-electron chi connectivity index (χ1n) is 5.51. The summed E-state index contributed by atoms with van der Waals surface area (Å²) >= 11 is 9.32. The van der Waals surface area contributed by atoms with E-state index >= 15 is 0 Å². The SMILES string of the molecule is COc1cc(Cl)cc(CNc2cccnc2Br)c1O. The number of ether oxygens (including phenoxy) is 1. The fourth-order valence-electron chi connectivity index (χ4n) is 1.63. The normalized spacial score (nSPS) is 10.3. The fraction of sp³-hybridized carbons (Fsp3) is 0.154. The van der Waals surface area contributed by atoms with Gasteiger partial charge in [-0.3, -0.25) is 0 Å². The van der Waals surface area contributed by atoms with E-state index in [9.17, 15) is 5.11 Å². The summed E-state index contributed by atoms with van der Waals surface area (Å²) in [7, 11) is 1.49. The van der Waals surface area contributed by atoms with Crippen LogP contribution in [0.2, 0.25) is 5.02 Å². The molecule has 0 unspecified atom stereocenters. The molecule has 0 bridgehead atoms. The first-order chi connectivity index (χ1) is 9.11. The first kappa shape index (κ1) is 14.0. The maximum Gasteiger partial charge on any atom is 0.162 e. The second kappa shape index (κ2) is 6.12. The Morgan fingerprint density at radius 2 is 2.26 bits per heavy atom. The second-order valence-corrected chi connectivity index (χ2v) is 5.00. The monoisotopic (exact) mass is 342 g/mol. The van der Waals surface area contributed by atoms with E-state index in [0.717, 1.165) is 5.69 Å². The van der Waals surface area contributed by atoms with E-state index in [4.69, 9.17) is 16.3 Å². The number of hydrogen-bond acceptors (Lipinski definition) is 4. The van der Waals surface area contributed by atoms with E-state index in [0.29, 0.717) is 27.5 Å². The van der Waals surface area contributed by atoms with Crippen LogP contribution < -0.4 is 10.1 Å². The topological polar surface area (TPSA) is 54.4 Å². The minimum absolute atomic E-state index is 0.0828. The summed E-state index contributed by atoms with van der Waals surface area (Å²) < 4.78 is 5.77. The van der Waals surface area contributed by atoms with E-state index in [1.165, 1.54) is 7.11 Å². The molecule has 0 spiro atoms. The van der Waals surface area contributed by atoms with Crippen molar-refractivity contribution in [1.82, 2.24) is 4.98 Å². The third-order valence-corrected chi connectivity index (χ3v) is 3.42. The van der Waals surface area contributed by atoms with Crippen LogP contribution in [-0.2, 0) is 6.54 Å². The highest BCUT2D eigenvalue weighted by Gasteiger charge is 2.10. The Bertz CT molecular complexity index is 593. The van der Waals surface area contributed by atoms with Crippen LogP contribution in [-0.4, -0.2) is 17.2 Å². The predicted molar refractivity (Wildman–Crippen MR) is 78.9 cm³/mol. The summed E-state index contributed by atoms with van der Waals surface area (Å²) in [6, 6.07) is 6.97. The summed E-state index contributed by atoms with van der Waals surface area (Å²) in [5.74, 6) is 0.439. The Kier molecular flexibility index (Phi) is 4.50. The first-order valence-corrected chi connectivity index (χ1v) is 6.68. The van der Waals surface area contributed by atoms with Crippen molar-refractivity contribution < 1.29 is 9.84 Å². The Morgan fingerprint density at radius 3 is 2.95 bits per heavy atom. The molecule has 2 aromatic rings. The van der Waals surface area contributed by atoms with Gasteiger partial charge in [0.2, 0.25) is 0 Å². The molecule has 1 aromatic carbocycles. The van der Waals surface area contributed by atoms with Gasteiger partial charge in [0.1, 0.15) is 4.60 Å². The zero-order valence-corrected chi connectivity index (χ0v) is 12.5. The number of anilines is 1. The average Bonchev–Trinajstić information content (AvgIpc) is 2.41. The molecule has 0 fully saturated rings. The van der Waals surface area contributed by atoms with Gasteiger partial charge in [-0.05, 0) is 34.1 Å². The molecule has 0 radical (unpaired) electrons. The lowest BCUT2D eigenvalue weighted by atomic mass is 10.2. The molecule has 0 aliphatic rings. The van der Waals surface area contributed by atoms with Gasteiger partial charge in [-0.15, -0.1) is 0 Å². The summed E-state index contributed by atoms with van der Waals surface area (Å²) in [6.07, 6.45) is 1.69. The van der Waals surface area contributed by atoms with Crippen LogP contribution in [0.5, 0.6) is 11.5 Å². The third-order valence-electron chi connectivity index (χ3n) is 2.57. The summed E-state index contributed by atoms with van der Waals surface area (Å²) in [5, 5.41) is 13.7. The molecule has 2 N–H and O–H groups in total. The number of aromatic nitrogens is 1. The van der Waals surface area contributed by atoms with Crippen LogP contribution in [0.4, 0.5) is 5.69 Å². The highest BCUT2D eigenvalue weighted by molar-refractivity contribution is 9.10. The van der Waals surface area contributed by atoms with Gasteiger partial charge in [0.15, 0.2) is 11.5 Å². The Hall–Kier alpha value is -1.46. The van der Waals surface area contributed by atoms with Crippen molar-refractivity contribution in [2.24, 2.45) is 0 Å². The van der Waals surface area contributed by atoms with Crippen molar-refractivity contribution in [3.8, 4) is 11.5 Å². The number of phenols is 1. The van der Waals surface area contributed by atoms with Crippen LogP contribution in [0.1, 0.15) is 5.56 Å². The van der Waals surface area contributed by atoms with Gasteiger partial charge in [-0.1, -0.05) is 11.6 Å². The maximum atomic E-state index is 10.0. The number of halogens is 2. The van der Waals surface area contributed by atoms with Gasteiger partial charge >= 0.3 is 0 Å². The second-order valence-electron chi connectivity index (χ2n) is 3.81. The minimum atomic E-state index is 0.0828. The van der Waals surface area contributed by atoms with Gasteiger partial charge < -0.3 is 15.2 Å². The number of hydrogen-bond donors (Lipinski definition) is 2. The lowest BCUT2D eigenvalue weighted by molar-refractivity contribution is 0.371. The Balaban J connectivity index is 2.20. The lowest BCUT2D eigenvalue weighted by Crippen LogP contribution is -2.01. The fourth-order valence-corrected chi connectivity index (χ4v) is 2.25. The third kappa shape index (κ3) is 3.30. The molecule has 0 atom stereocenters. The molecular weight excluding hydrogens is 332 g/mol. The van der Waals surface area contributed by atoms with Crippen molar-refractivity contribution >= 4 is 33.2 Å². The van der Waals surface area contributed by atoms with Crippen LogP contribution in [0.15, 0.2) is 35.1 Å². The number of phenolic OH excluding ortho intramolecular Hbond substituents is 1. The molecule has 0 saturated carbocycles. The summed E-state index contributed by atoms with van der Waals surface area (Å²) in [6.45, 7) is 0.410. The Morgan fingerprint density at radius 1 is 1.47 bits per heavy atom. The number of nitrogens with one attached hydrogen (secondary N) is 1. The van der Waals surface area contributed by atoms with Gasteiger partial charge in [0.25, 0.3) is 0 Å². The van der Waals surface area contributed by atoms with Crippen molar-refractivity contribution in [2.75, 3.05) is 12.4 Å². The minimum Gasteiger partial charge on any atom is -0.504 e. The molecule has 6 heteroatoms. The smallest absolute Gasteiger partial charge is 0.162 e. The highest BCUT2D eigenvalue weighted by Crippen LogP contribution is 2.34. The average molecular weight is 344 g/mol. The zero-order chi connectivity index (χ0) is 13.8. The van der Waals surface area contributed by atoms with Crippen LogP contribution in [0.25, 0.3) is 0 Å². The standard InChI is InChI=1S/C13H12BrClN2O2/c1-19-11-6-9(15)5-8(12(11)18)7-17-10-3-2-4-16-13(10)14/h2-6,17-18H,7H2,1H3. The highest BCUT2D eigenvalue weighted by atomic mass is 79.9. The summed E-state index contributed by atoms with van der Waals surface area (Å²) in [4.78, 5) is 4.11. The molecule has 0 aliphatic carbocycles. The van der Waals surface area contributed by atoms with Crippen molar-refractivity contribution in [1.29, 1.82) is 0 Å². The molecule has 2 rings (SSSR count). The predicted octanol–water partition coefficient (Wildman–Crippen LogP) is 3.82. The van der Waals surface area contributed by atoms with Crippen molar-refractivity contribution in [2.45, 2.75) is 6.54 Å². The van der Waals surface area contributed by atoms with Crippen LogP contribution in [0, 0.1) is 0 Å². The Labute approximate surface area is 124 Å². The number of pyridine rings is 1. The largest absolute Gasteiger partial charge is 0.504 e. The van der Waals surface area contributed by atoms with Gasteiger partial charge in [0.05, 0.1) is 12.8 Å². The number of rotatable bonds is 4. The van der Waals surface area contributed by atoms with Crippen LogP contribution >= 0.6 is 27.5 Å². The molecule has 0 aliphatic heterocycles.